The van der Waals surface area contributed by atoms with E-state index in [1.54, 1.807) is 36.4 Å². The van der Waals surface area contributed by atoms with E-state index >= 15 is 0 Å². The molecule has 0 saturated carbocycles. The van der Waals surface area contributed by atoms with Crippen molar-refractivity contribution in [3.63, 3.8) is 0 Å². The van der Waals surface area contributed by atoms with Crippen LogP contribution in [-0.2, 0) is 6.42 Å². The summed E-state index contributed by atoms with van der Waals surface area (Å²) in [4.78, 5) is 12.2. The fourth-order valence-corrected chi connectivity index (χ4v) is 2.47. The molecule has 4 heteroatoms. The molecule has 0 amide bonds. The van der Waals surface area contributed by atoms with Crippen molar-refractivity contribution in [2.24, 2.45) is 0 Å². The highest BCUT2D eigenvalue weighted by molar-refractivity contribution is 9.10. The molecule has 0 aliphatic rings. The Balaban J connectivity index is 2.19. The summed E-state index contributed by atoms with van der Waals surface area (Å²) in [6, 6.07) is 11.5. The monoisotopic (exact) mass is 336 g/mol. The van der Waals surface area contributed by atoms with Gasteiger partial charge in [-0.25, -0.2) is 4.39 Å². The molecule has 0 radical (unpaired) electrons. The van der Waals surface area contributed by atoms with Crippen LogP contribution in [0.3, 0.4) is 0 Å². The van der Waals surface area contributed by atoms with Gasteiger partial charge in [-0.15, -0.1) is 0 Å². The minimum Gasteiger partial charge on any atom is -0.494 e. The first-order valence-corrected chi connectivity index (χ1v) is 7.10. The molecule has 104 valence electrons. The number of Topliss-reactive ketones (excluding diaryl/α,β-unsaturated/α-hetero) is 1. The SMILES string of the molecule is CCOc1ccc(C(=O)Cc2ccccc2F)c(Br)c1. The molecule has 0 N–H and O–H groups in total. The maximum atomic E-state index is 13.5. The molecule has 0 heterocycles. The zero-order valence-electron chi connectivity index (χ0n) is 11.0. The number of carbonyl (C=O) groups is 1. The summed E-state index contributed by atoms with van der Waals surface area (Å²) in [6.45, 7) is 2.46. The second-order valence-corrected chi connectivity index (χ2v) is 5.12. The molecule has 0 fully saturated rings. The lowest BCUT2D eigenvalue weighted by Crippen LogP contribution is -2.06. The number of hydrogen-bond acceptors (Lipinski definition) is 2. The molecule has 0 atom stereocenters. The first kappa shape index (κ1) is 14.7. The highest BCUT2D eigenvalue weighted by Gasteiger charge is 2.13. The van der Waals surface area contributed by atoms with E-state index in [2.05, 4.69) is 15.9 Å². The third-order valence-electron chi connectivity index (χ3n) is 2.86. The molecule has 20 heavy (non-hydrogen) atoms. The molecule has 0 bridgehead atoms. The third-order valence-corrected chi connectivity index (χ3v) is 3.52. The van der Waals surface area contributed by atoms with Crippen molar-refractivity contribution in [2.75, 3.05) is 6.61 Å². The van der Waals surface area contributed by atoms with Crippen molar-refractivity contribution in [3.8, 4) is 5.75 Å². The second kappa shape index (κ2) is 6.66. The summed E-state index contributed by atoms with van der Waals surface area (Å²) in [7, 11) is 0. The Morgan fingerprint density at radius 2 is 2.00 bits per heavy atom. The van der Waals surface area contributed by atoms with Crippen LogP contribution in [0.5, 0.6) is 5.75 Å². The van der Waals surface area contributed by atoms with Crippen LogP contribution >= 0.6 is 15.9 Å². The Labute approximate surface area is 125 Å². The van der Waals surface area contributed by atoms with Gasteiger partial charge in [0.1, 0.15) is 11.6 Å². The predicted octanol–water partition coefficient (Wildman–Crippen LogP) is 4.41. The Morgan fingerprint density at radius 1 is 1.25 bits per heavy atom. The van der Waals surface area contributed by atoms with E-state index in [-0.39, 0.29) is 18.0 Å². The number of carbonyl (C=O) groups excluding carboxylic acids is 1. The summed E-state index contributed by atoms with van der Waals surface area (Å²) in [5, 5.41) is 0. The highest BCUT2D eigenvalue weighted by atomic mass is 79.9. The average molecular weight is 337 g/mol. The van der Waals surface area contributed by atoms with Crippen LogP contribution in [-0.4, -0.2) is 12.4 Å². The molecule has 2 rings (SSSR count). The van der Waals surface area contributed by atoms with Crippen molar-refractivity contribution in [1.29, 1.82) is 0 Å². The van der Waals surface area contributed by atoms with Crippen LogP contribution in [0.4, 0.5) is 4.39 Å². The van der Waals surface area contributed by atoms with Gasteiger partial charge in [0.15, 0.2) is 5.78 Å². The van der Waals surface area contributed by atoms with Gasteiger partial charge in [-0.2, -0.15) is 0 Å². The van der Waals surface area contributed by atoms with E-state index in [0.717, 1.165) is 0 Å². The Morgan fingerprint density at radius 3 is 2.65 bits per heavy atom. The number of ketones is 1. The third kappa shape index (κ3) is 3.45. The Bertz CT molecular complexity index is 626. The quantitative estimate of drug-likeness (QED) is 0.756. The molecule has 0 unspecified atom stereocenters. The van der Waals surface area contributed by atoms with Gasteiger partial charge in [-0.05, 0) is 52.7 Å². The van der Waals surface area contributed by atoms with Gasteiger partial charge in [0.25, 0.3) is 0 Å². The zero-order valence-corrected chi connectivity index (χ0v) is 12.6. The molecule has 0 aliphatic carbocycles. The van der Waals surface area contributed by atoms with Crippen molar-refractivity contribution >= 4 is 21.7 Å². The van der Waals surface area contributed by atoms with Gasteiger partial charge in [-0.3, -0.25) is 4.79 Å². The van der Waals surface area contributed by atoms with E-state index in [9.17, 15) is 9.18 Å². The number of benzene rings is 2. The van der Waals surface area contributed by atoms with E-state index in [1.165, 1.54) is 6.07 Å². The largest absolute Gasteiger partial charge is 0.494 e. The summed E-state index contributed by atoms with van der Waals surface area (Å²) >= 11 is 3.36. The summed E-state index contributed by atoms with van der Waals surface area (Å²) in [5.74, 6) is 0.203. The predicted molar refractivity (Wildman–Crippen MR) is 79.7 cm³/mol. The molecular formula is C16H14BrFO2. The van der Waals surface area contributed by atoms with Gasteiger partial charge >= 0.3 is 0 Å². The van der Waals surface area contributed by atoms with Crippen molar-refractivity contribution in [1.82, 2.24) is 0 Å². The maximum Gasteiger partial charge on any atom is 0.168 e. The maximum absolute atomic E-state index is 13.5. The number of halogens is 2. The Kier molecular flexibility index (Phi) is 4.90. The summed E-state index contributed by atoms with van der Waals surface area (Å²) in [5.41, 5.74) is 0.926. The normalized spacial score (nSPS) is 10.3. The number of rotatable bonds is 5. The molecule has 2 aromatic rings. The van der Waals surface area contributed by atoms with Gasteiger partial charge in [0.2, 0.25) is 0 Å². The first-order chi connectivity index (χ1) is 9.61. The first-order valence-electron chi connectivity index (χ1n) is 6.30. The van der Waals surface area contributed by atoms with Gasteiger partial charge in [0, 0.05) is 16.5 Å². The lowest BCUT2D eigenvalue weighted by atomic mass is 10.0. The van der Waals surface area contributed by atoms with Crippen LogP contribution in [0.1, 0.15) is 22.8 Å². The van der Waals surface area contributed by atoms with E-state index in [4.69, 9.17) is 4.74 Å². The molecular weight excluding hydrogens is 323 g/mol. The lowest BCUT2D eigenvalue weighted by molar-refractivity contribution is 0.0991. The molecule has 0 aliphatic heterocycles. The van der Waals surface area contributed by atoms with Crippen LogP contribution < -0.4 is 4.74 Å². The van der Waals surface area contributed by atoms with Crippen molar-refractivity contribution < 1.29 is 13.9 Å². The van der Waals surface area contributed by atoms with Crippen LogP contribution in [0, 0.1) is 5.82 Å². The van der Waals surface area contributed by atoms with Gasteiger partial charge < -0.3 is 4.74 Å². The number of ether oxygens (including phenoxy) is 1. The zero-order chi connectivity index (χ0) is 14.5. The van der Waals surface area contributed by atoms with Crippen LogP contribution in [0.25, 0.3) is 0 Å². The van der Waals surface area contributed by atoms with E-state index < -0.39 is 0 Å². The molecule has 0 saturated heterocycles. The second-order valence-electron chi connectivity index (χ2n) is 4.27. The standard InChI is InChI=1S/C16H14BrFO2/c1-2-20-12-7-8-13(14(17)10-12)16(19)9-11-5-3-4-6-15(11)18/h3-8,10H,2,9H2,1H3. The minimum absolute atomic E-state index is 0.0409. The highest BCUT2D eigenvalue weighted by Crippen LogP contribution is 2.24. The molecule has 2 aromatic carbocycles. The molecule has 0 aromatic heterocycles. The van der Waals surface area contributed by atoms with Crippen molar-refractivity contribution in [3.05, 3.63) is 63.9 Å². The average Bonchev–Trinajstić information content (AvgIpc) is 2.42. The van der Waals surface area contributed by atoms with Crippen molar-refractivity contribution in [2.45, 2.75) is 13.3 Å². The summed E-state index contributed by atoms with van der Waals surface area (Å²) in [6.07, 6.45) is 0.0409. The molecule has 2 nitrogen and oxygen atoms in total. The lowest BCUT2D eigenvalue weighted by Gasteiger charge is -2.08. The van der Waals surface area contributed by atoms with Crippen LogP contribution in [0.2, 0.25) is 0 Å². The van der Waals surface area contributed by atoms with Gasteiger partial charge in [-0.1, -0.05) is 18.2 Å². The minimum atomic E-state index is -0.358. The Hall–Kier alpha value is -1.68. The smallest absolute Gasteiger partial charge is 0.168 e. The summed E-state index contributed by atoms with van der Waals surface area (Å²) < 4.78 is 19.6. The van der Waals surface area contributed by atoms with E-state index in [0.29, 0.717) is 28.0 Å². The fraction of sp³-hybridized carbons (Fsp3) is 0.188. The number of hydrogen-bond donors (Lipinski definition) is 0. The van der Waals surface area contributed by atoms with E-state index in [1.807, 2.05) is 6.92 Å². The topological polar surface area (TPSA) is 26.3 Å². The van der Waals surface area contributed by atoms with Gasteiger partial charge in [0.05, 0.1) is 6.61 Å². The molecule has 0 spiro atoms. The van der Waals surface area contributed by atoms with Crippen LogP contribution in [0.15, 0.2) is 46.9 Å². The fourth-order valence-electron chi connectivity index (χ4n) is 1.89.